The van der Waals surface area contributed by atoms with E-state index in [4.69, 9.17) is 4.74 Å². The third-order valence-electron chi connectivity index (χ3n) is 2.31. The number of allylic oxidation sites excluding steroid dienone is 2. The lowest BCUT2D eigenvalue weighted by atomic mass is 10.1. The highest BCUT2D eigenvalue weighted by molar-refractivity contribution is 5.27. The Kier molecular flexibility index (Phi) is 2.86. The summed E-state index contributed by atoms with van der Waals surface area (Å²) in [7, 11) is 0. The third-order valence-corrected chi connectivity index (χ3v) is 2.31. The topological polar surface area (TPSA) is 9.23 Å². The monoisotopic (exact) mass is 204 g/mol. The molecule has 2 rings (SSSR count). The van der Waals surface area contributed by atoms with Crippen LogP contribution in [0.2, 0.25) is 0 Å². The normalized spacial score (nSPS) is 19.9. The van der Waals surface area contributed by atoms with Gasteiger partial charge in [0.15, 0.2) is 0 Å². The van der Waals surface area contributed by atoms with Crippen LogP contribution in [0.5, 0.6) is 5.75 Å². The largest absolute Gasteiger partial charge is 0.486 e. The smallest absolute Gasteiger partial charge is 0.123 e. The Morgan fingerprint density at radius 1 is 1.27 bits per heavy atom. The minimum Gasteiger partial charge on any atom is -0.486 e. The Labute approximate surface area is 88.9 Å². The Bertz CT molecular complexity index is 390. The maximum atomic E-state index is 12.9. The summed E-state index contributed by atoms with van der Waals surface area (Å²) in [6.45, 7) is 2.02. The van der Waals surface area contributed by atoms with E-state index in [1.165, 1.54) is 11.6 Å². The van der Waals surface area contributed by atoms with E-state index in [2.05, 4.69) is 0 Å². The molecule has 0 bridgehead atoms. The molecule has 1 aliphatic rings. The van der Waals surface area contributed by atoms with Gasteiger partial charge in [-0.15, -0.1) is 0 Å². The van der Waals surface area contributed by atoms with Crippen molar-refractivity contribution in [1.82, 2.24) is 0 Å². The Balaban J connectivity index is 2.01. The first-order chi connectivity index (χ1) is 7.24. The number of rotatable bonds is 2. The van der Waals surface area contributed by atoms with Gasteiger partial charge in [0.1, 0.15) is 17.7 Å². The molecule has 0 saturated carbocycles. The van der Waals surface area contributed by atoms with Gasteiger partial charge in [-0.3, -0.25) is 0 Å². The van der Waals surface area contributed by atoms with E-state index in [-0.39, 0.29) is 11.9 Å². The lowest BCUT2D eigenvalue weighted by Crippen LogP contribution is -2.15. The molecule has 0 heterocycles. The first-order valence-electron chi connectivity index (χ1n) is 5.00. The minimum absolute atomic E-state index is 0.130. The van der Waals surface area contributed by atoms with Crippen molar-refractivity contribution in [2.45, 2.75) is 19.4 Å². The zero-order chi connectivity index (χ0) is 10.7. The molecule has 1 unspecified atom stereocenters. The average molecular weight is 204 g/mol. The van der Waals surface area contributed by atoms with Gasteiger partial charge in [0.05, 0.1) is 0 Å². The van der Waals surface area contributed by atoms with Gasteiger partial charge in [0.2, 0.25) is 0 Å². The average Bonchev–Trinajstić information content (AvgIpc) is 2.22. The molecule has 0 aromatic heterocycles. The Hall–Kier alpha value is -1.57. The number of ether oxygens (including phenoxy) is 1. The quantitative estimate of drug-likeness (QED) is 0.715. The molecule has 1 aromatic carbocycles. The Morgan fingerprint density at radius 2 is 2.00 bits per heavy atom. The molecule has 1 aliphatic carbocycles. The van der Waals surface area contributed by atoms with Crippen molar-refractivity contribution in [3.63, 3.8) is 0 Å². The van der Waals surface area contributed by atoms with Crippen LogP contribution in [-0.4, -0.2) is 6.10 Å². The van der Waals surface area contributed by atoms with Gasteiger partial charge >= 0.3 is 0 Å². The molecular formula is C13H13FO. The van der Waals surface area contributed by atoms with Gasteiger partial charge in [0.25, 0.3) is 0 Å². The lowest BCUT2D eigenvalue weighted by molar-refractivity contribution is 0.238. The molecule has 0 radical (unpaired) electrons. The van der Waals surface area contributed by atoms with Crippen LogP contribution in [0.1, 0.15) is 12.0 Å². The highest BCUT2D eigenvalue weighted by Crippen LogP contribution is 2.20. The highest BCUT2D eigenvalue weighted by Gasteiger charge is 2.12. The summed E-state index contributed by atoms with van der Waals surface area (Å²) in [5.41, 5.74) is 1.19. The zero-order valence-electron chi connectivity index (χ0n) is 8.61. The van der Waals surface area contributed by atoms with Crippen LogP contribution in [0.25, 0.3) is 0 Å². The molecule has 15 heavy (non-hydrogen) atoms. The van der Waals surface area contributed by atoms with Crippen LogP contribution in [0, 0.1) is 6.92 Å². The number of benzene rings is 1. The maximum absolute atomic E-state index is 12.9. The molecule has 0 aliphatic heterocycles. The molecule has 1 atom stereocenters. The van der Waals surface area contributed by atoms with E-state index in [9.17, 15) is 4.39 Å². The fourth-order valence-corrected chi connectivity index (χ4v) is 1.48. The van der Waals surface area contributed by atoms with Crippen molar-refractivity contribution in [1.29, 1.82) is 0 Å². The standard InChI is InChI=1S/C13H13FO/c1-10-5-7-12(8-6-10)15-13-4-2-3-11(14)9-13/h2-8,13H,9H2,1H3. The van der Waals surface area contributed by atoms with Gasteiger partial charge in [-0.2, -0.15) is 0 Å². The molecule has 0 saturated heterocycles. The second kappa shape index (κ2) is 4.30. The van der Waals surface area contributed by atoms with Gasteiger partial charge in [-0.05, 0) is 31.2 Å². The summed E-state index contributed by atoms with van der Waals surface area (Å²) >= 11 is 0. The van der Waals surface area contributed by atoms with Crippen molar-refractivity contribution in [3.05, 3.63) is 53.9 Å². The van der Waals surface area contributed by atoms with Crippen LogP contribution >= 0.6 is 0 Å². The second-order valence-electron chi connectivity index (χ2n) is 3.67. The van der Waals surface area contributed by atoms with E-state index >= 15 is 0 Å². The fraction of sp³-hybridized carbons (Fsp3) is 0.231. The predicted molar refractivity (Wildman–Crippen MR) is 58.5 cm³/mol. The van der Waals surface area contributed by atoms with Crippen LogP contribution in [0.4, 0.5) is 4.39 Å². The number of hydrogen-bond donors (Lipinski definition) is 0. The summed E-state index contributed by atoms with van der Waals surface area (Å²) < 4.78 is 18.5. The highest BCUT2D eigenvalue weighted by atomic mass is 19.1. The van der Waals surface area contributed by atoms with Crippen molar-refractivity contribution >= 4 is 0 Å². The first-order valence-corrected chi connectivity index (χ1v) is 5.00. The van der Waals surface area contributed by atoms with E-state index in [0.717, 1.165) is 5.75 Å². The van der Waals surface area contributed by atoms with Gasteiger partial charge in [-0.25, -0.2) is 4.39 Å². The molecule has 1 aromatic rings. The van der Waals surface area contributed by atoms with Gasteiger partial charge in [0, 0.05) is 6.42 Å². The van der Waals surface area contributed by atoms with Crippen LogP contribution < -0.4 is 4.74 Å². The summed E-state index contributed by atoms with van der Waals surface area (Å²) in [4.78, 5) is 0. The maximum Gasteiger partial charge on any atom is 0.123 e. The number of aryl methyl sites for hydroxylation is 1. The second-order valence-corrected chi connectivity index (χ2v) is 3.67. The van der Waals surface area contributed by atoms with Crippen molar-refractivity contribution in [2.75, 3.05) is 0 Å². The van der Waals surface area contributed by atoms with Crippen molar-refractivity contribution in [3.8, 4) is 5.75 Å². The third kappa shape index (κ3) is 2.69. The van der Waals surface area contributed by atoms with E-state index in [1.54, 1.807) is 6.08 Å². The van der Waals surface area contributed by atoms with Crippen LogP contribution in [0.3, 0.4) is 0 Å². The van der Waals surface area contributed by atoms with Gasteiger partial charge < -0.3 is 4.74 Å². The fourth-order valence-electron chi connectivity index (χ4n) is 1.48. The first kappa shape index (κ1) is 9.97. The number of halogens is 1. The lowest BCUT2D eigenvalue weighted by Gasteiger charge is -2.16. The Morgan fingerprint density at radius 3 is 2.67 bits per heavy atom. The predicted octanol–water partition coefficient (Wildman–Crippen LogP) is 3.56. The van der Waals surface area contributed by atoms with E-state index in [1.807, 2.05) is 37.3 Å². The summed E-state index contributed by atoms with van der Waals surface area (Å²) in [5, 5.41) is 0. The van der Waals surface area contributed by atoms with Crippen LogP contribution in [-0.2, 0) is 0 Å². The zero-order valence-corrected chi connectivity index (χ0v) is 8.61. The van der Waals surface area contributed by atoms with Gasteiger partial charge in [-0.1, -0.05) is 23.8 Å². The summed E-state index contributed by atoms with van der Waals surface area (Å²) in [6, 6.07) is 7.76. The number of hydrogen-bond acceptors (Lipinski definition) is 1. The van der Waals surface area contributed by atoms with Crippen LogP contribution in [0.15, 0.2) is 48.3 Å². The van der Waals surface area contributed by atoms with E-state index < -0.39 is 0 Å². The molecule has 0 N–H and O–H groups in total. The molecule has 2 heteroatoms. The molecule has 0 amide bonds. The van der Waals surface area contributed by atoms with E-state index in [0.29, 0.717) is 6.42 Å². The molecule has 0 fully saturated rings. The minimum atomic E-state index is -0.183. The SMILES string of the molecule is Cc1ccc(OC2C=CC=C(F)C2)cc1. The molecular weight excluding hydrogens is 191 g/mol. The van der Waals surface area contributed by atoms with Crippen molar-refractivity contribution in [2.24, 2.45) is 0 Å². The summed E-state index contributed by atoms with van der Waals surface area (Å²) in [5.74, 6) is 0.652. The van der Waals surface area contributed by atoms with Crippen molar-refractivity contribution < 1.29 is 9.13 Å². The molecule has 0 spiro atoms. The molecule has 78 valence electrons. The summed E-state index contributed by atoms with van der Waals surface area (Å²) in [6.07, 6.45) is 5.16. The molecule has 1 nitrogen and oxygen atoms in total.